The van der Waals surface area contributed by atoms with E-state index in [1.807, 2.05) is 89.1 Å². The summed E-state index contributed by atoms with van der Waals surface area (Å²) in [6, 6.07) is 25.5. The van der Waals surface area contributed by atoms with Gasteiger partial charge >= 0.3 is 6.03 Å². The summed E-state index contributed by atoms with van der Waals surface area (Å²) in [5.41, 5.74) is 2.08. The van der Waals surface area contributed by atoms with Gasteiger partial charge in [0.25, 0.3) is 0 Å². The second-order valence-electron chi connectivity index (χ2n) is 6.63. The molecular weight excluding hydrogens is 380 g/mol. The summed E-state index contributed by atoms with van der Waals surface area (Å²) in [7, 11) is 0. The Morgan fingerprint density at radius 3 is 2.17 bits per heavy atom. The van der Waals surface area contributed by atoms with Crippen molar-refractivity contribution in [3.8, 4) is 0 Å². The predicted molar refractivity (Wildman–Crippen MR) is 116 cm³/mol. The molecule has 2 heterocycles. The fraction of sp³-hybridized carbons (Fsp3) is 0.130. The molecule has 2 aromatic carbocycles. The molecule has 4 aromatic rings. The number of aromatic nitrogens is 2. The van der Waals surface area contributed by atoms with Crippen LogP contribution in [0.5, 0.6) is 0 Å². The summed E-state index contributed by atoms with van der Waals surface area (Å²) >= 11 is 1.66. The quantitative estimate of drug-likeness (QED) is 0.474. The number of nitrogens with zero attached hydrogens (tertiary/aromatic N) is 2. The summed E-state index contributed by atoms with van der Waals surface area (Å²) in [6.07, 6.45) is 3.67. The van der Waals surface area contributed by atoms with Gasteiger partial charge in [-0.2, -0.15) is 5.10 Å². The van der Waals surface area contributed by atoms with Crippen LogP contribution in [-0.2, 0) is 0 Å². The standard InChI is InChI=1S/C23H22N4OS/c28-23(24-17-20(21-13-7-16-29-21)27-15-8-14-25-27)26-22(18-9-3-1-4-10-18)19-11-5-2-6-12-19/h1-16,20,22H,17H2,(H2,24,26,28). The summed E-state index contributed by atoms with van der Waals surface area (Å²) < 4.78 is 1.87. The van der Waals surface area contributed by atoms with Crippen LogP contribution in [0.4, 0.5) is 4.79 Å². The van der Waals surface area contributed by atoms with Gasteiger partial charge in [-0.15, -0.1) is 11.3 Å². The normalized spacial score (nSPS) is 11.9. The second kappa shape index (κ2) is 9.21. The Bertz CT molecular complexity index is 928. The molecule has 0 spiro atoms. The smallest absolute Gasteiger partial charge is 0.315 e. The molecule has 2 amide bonds. The highest BCUT2D eigenvalue weighted by Gasteiger charge is 2.19. The molecule has 0 radical (unpaired) electrons. The third-order valence-corrected chi connectivity index (χ3v) is 5.69. The topological polar surface area (TPSA) is 59.0 Å². The SMILES string of the molecule is O=C(NCC(c1cccs1)n1cccn1)NC(c1ccccc1)c1ccccc1. The number of urea groups is 1. The minimum atomic E-state index is -0.220. The van der Waals surface area contributed by atoms with Gasteiger partial charge in [0.1, 0.15) is 6.04 Å². The molecule has 1 unspecified atom stereocenters. The number of amides is 2. The minimum absolute atomic E-state index is 0.0392. The van der Waals surface area contributed by atoms with Crippen molar-refractivity contribution >= 4 is 17.4 Å². The number of nitrogens with one attached hydrogen (secondary N) is 2. The van der Waals surface area contributed by atoms with Crippen LogP contribution in [0, 0.1) is 0 Å². The highest BCUT2D eigenvalue weighted by Crippen LogP contribution is 2.23. The predicted octanol–water partition coefficient (Wildman–Crippen LogP) is 4.62. The molecule has 5 nitrogen and oxygen atoms in total. The van der Waals surface area contributed by atoms with Gasteiger partial charge in [-0.3, -0.25) is 4.68 Å². The Morgan fingerprint density at radius 1 is 0.931 bits per heavy atom. The molecule has 0 fully saturated rings. The second-order valence-corrected chi connectivity index (χ2v) is 7.61. The molecule has 146 valence electrons. The van der Waals surface area contributed by atoms with Gasteiger partial charge in [-0.25, -0.2) is 4.79 Å². The number of benzene rings is 2. The molecule has 29 heavy (non-hydrogen) atoms. The molecule has 0 aliphatic heterocycles. The van der Waals surface area contributed by atoms with E-state index in [0.717, 1.165) is 16.0 Å². The summed E-state index contributed by atoms with van der Waals surface area (Å²) in [5.74, 6) is 0. The van der Waals surface area contributed by atoms with E-state index >= 15 is 0 Å². The lowest BCUT2D eigenvalue weighted by Gasteiger charge is -2.22. The van der Waals surface area contributed by atoms with Crippen LogP contribution < -0.4 is 10.6 Å². The molecule has 1 atom stereocenters. The number of carbonyl (C=O) groups is 1. The van der Waals surface area contributed by atoms with Gasteiger partial charge in [-0.05, 0) is 28.6 Å². The van der Waals surface area contributed by atoms with Crippen molar-refractivity contribution in [2.75, 3.05) is 6.54 Å². The molecule has 0 saturated carbocycles. The van der Waals surface area contributed by atoms with Crippen molar-refractivity contribution in [2.45, 2.75) is 12.1 Å². The molecule has 2 aromatic heterocycles. The van der Waals surface area contributed by atoms with E-state index in [-0.39, 0.29) is 18.1 Å². The van der Waals surface area contributed by atoms with Crippen molar-refractivity contribution in [3.63, 3.8) is 0 Å². The van der Waals surface area contributed by atoms with Gasteiger partial charge in [0.05, 0.1) is 6.04 Å². The Hall–Kier alpha value is -3.38. The fourth-order valence-corrected chi connectivity index (χ4v) is 4.11. The number of hydrogen-bond donors (Lipinski definition) is 2. The van der Waals surface area contributed by atoms with Gasteiger partial charge in [0, 0.05) is 23.8 Å². The lowest BCUT2D eigenvalue weighted by Crippen LogP contribution is -2.41. The maximum Gasteiger partial charge on any atom is 0.315 e. The first-order chi connectivity index (χ1) is 14.3. The van der Waals surface area contributed by atoms with E-state index in [9.17, 15) is 4.79 Å². The van der Waals surface area contributed by atoms with Crippen molar-refractivity contribution in [2.24, 2.45) is 0 Å². The molecular formula is C23H22N4OS. The van der Waals surface area contributed by atoms with Crippen LogP contribution in [0.15, 0.2) is 96.6 Å². The zero-order valence-corrected chi connectivity index (χ0v) is 16.6. The number of thiophene rings is 1. The third kappa shape index (κ3) is 4.73. The molecule has 0 aliphatic rings. The van der Waals surface area contributed by atoms with Crippen LogP contribution in [0.2, 0.25) is 0 Å². The zero-order valence-electron chi connectivity index (χ0n) is 15.8. The Morgan fingerprint density at radius 2 is 1.62 bits per heavy atom. The van der Waals surface area contributed by atoms with Gasteiger partial charge in [-0.1, -0.05) is 66.7 Å². The molecule has 0 aliphatic carbocycles. The van der Waals surface area contributed by atoms with Crippen molar-refractivity contribution in [1.29, 1.82) is 0 Å². The first-order valence-electron chi connectivity index (χ1n) is 9.48. The average molecular weight is 403 g/mol. The highest BCUT2D eigenvalue weighted by molar-refractivity contribution is 7.10. The van der Waals surface area contributed by atoms with E-state index < -0.39 is 0 Å². The molecule has 2 N–H and O–H groups in total. The minimum Gasteiger partial charge on any atom is -0.336 e. The highest BCUT2D eigenvalue weighted by atomic mass is 32.1. The number of carbonyl (C=O) groups excluding carboxylic acids is 1. The van der Waals surface area contributed by atoms with Crippen LogP contribution in [0.25, 0.3) is 0 Å². The van der Waals surface area contributed by atoms with Crippen molar-refractivity contribution in [3.05, 3.63) is 113 Å². The first kappa shape index (κ1) is 19.0. The van der Waals surface area contributed by atoms with Gasteiger partial charge in [0.15, 0.2) is 0 Å². The molecule has 6 heteroatoms. The summed E-state index contributed by atoms with van der Waals surface area (Å²) in [4.78, 5) is 13.9. The number of rotatable bonds is 7. The molecule has 4 rings (SSSR count). The molecule has 0 bridgehead atoms. The fourth-order valence-electron chi connectivity index (χ4n) is 3.29. The largest absolute Gasteiger partial charge is 0.336 e. The third-order valence-electron chi connectivity index (χ3n) is 4.71. The zero-order chi connectivity index (χ0) is 19.9. The number of hydrogen-bond acceptors (Lipinski definition) is 3. The van der Waals surface area contributed by atoms with E-state index in [2.05, 4.69) is 21.8 Å². The van der Waals surface area contributed by atoms with Gasteiger partial charge < -0.3 is 10.6 Å². The van der Waals surface area contributed by atoms with E-state index in [0.29, 0.717) is 6.54 Å². The molecule has 0 saturated heterocycles. The Kier molecular flexibility index (Phi) is 6.02. The van der Waals surface area contributed by atoms with Crippen LogP contribution >= 0.6 is 11.3 Å². The summed E-state index contributed by atoms with van der Waals surface area (Å²) in [6.45, 7) is 0.449. The van der Waals surface area contributed by atoms with Crippen LogP contribution in [0.1, 0.15) is 28.1 Å². The van der Waals surface area contributed by atoms with Crippen molar-refractivity contribution < 1.29 is 4.79 Å². The van der Waals surface area contributed by atoms with Crippen LogP contribution in [0.3, 0.4) is 0 Å². The van der Waals surface area contributed by atoms with E-state index in [1.165, 1.54) is 0 Å². The van der Waals surface area contributed by atoms with Crippen molar-refractivity contribution in [1.82, 2.24) is 20.4 Å². The lowest BCUT2D eigenvalue weighted by molar-refractivity contribution is 0.237. The first-order valence-corrected chi connectivity index (χ1v) is 10.4. The maximum absolute atomic E-state index is 12.8. The van der Waals surface area contributed by atoms with Crippen LogP contribution in [-0.4, -0.2) is 22.4 Å². The monoisotopic (exact) mass is 402 g/mol. The lowest BCUT2D eigenvalue weighted by atomic mass is 9.99. The Labute approximate surface area is 174 Å². The summed E-state index contributed by atoms with van der Waals surface area (Å²) in [5, 5.41) is 12.5. The van der Waals surface area contributed by atoms with E-state index in [1.54, 1.807) is 17.5 Å². The Balaban J connectivity index is 1.48. The average Bonchev–Trinajstić information content (AvgIpc) is 3.48. The maximum atomic E-state index is 12.8. The van der Waals surface area contributed by atoms with Gasteiger partial charge in [0.2, 0.25) is 0 Å². The van der Waals surface area contributed by atoms with E-state index in [4.69, 9.17) is 0 Å².